The predicted molar refractivity (Wildman–Crippen MR) is 66.7 cm³/mol. The van der Waals surface area contributed by atoms with Gasteiger partial charge in [0.2, 0.25) is 0 Å². The molecule has 1 aliphatic heterocycles. The predicted octanol–water partition coefficient (Wildman–Crippen LogP) is 3.36. The molecular weight excluding hydrogens is 244 g/mol. The molecule has 1 unspecified atom stereocenters. The van der Waals surface area contributed by atoms with E-state index in [9.17, 15) is 0 Å². The van der Waals surface area contributed by atoms with E-state index in [1.807, 2.05) is 18.7 Å². The zero-order chi connectivity index (χ0) is 11.5. The number of rotatable bonds is 4. The van der Waals surface area contributed by atoms with Crippen LogP contribution in [0.1, 0.15) is 43.5 Å². The Bertz CT molecular complexity index is 386. The van der Waals surface area contributed by atoms with E-state index in [4.69, 9.17) is 16.3 Å². The summed E-state index contributed by atoms with van der Waals surface area (Å²) in [6, 6.07) is 0. The van der Waals surface area contributed by atoms with Crippen molar-refractivity contribution in [1.82, 2.24) is 9.97 Å². The standard InChI is InChI=1S/C11H15ClN2OS/c1-3-9(15-4-2)11-13-8-6-16-5-7(8)10(12)14-11/h9H,3-6H2,1-2H3. The molecule has 5 heteroatoms. The van der Waals surface area contributed by atoms with Crippen LogP contribution in [0.4, 0.5) is 0 Å². The van der Waals surface area contributed by atoms with Gasteiger partial charge in [0.05, 0.1) is 5.69 Å². The van der Waals surface area contributed by atoms with Gasteiger partial charge in [-0.15, -0.1) is 0 Å². The van der Waals surface area contributed by atoms with Gasteiger partial charge in [0.15, 0.2) is 5.82 Å². The van der Waals surface area contributed by atoms with Gasteiger partial charge in [-0.3, -0.25) is 0 Å². The molecule has 0 N–H and O–H groups in total. The molecular formula is C11H15ClN2OS. The Hall–Kier alpha value is -0.320. The molecule has 0 amide bonds. The molecule has 1 aromatic heterocycles. The molecule has 0 aliphatic carbocycles. The molecule has 0 aromatic carbocycles. The van der Waals surface area contributed by atoms with Crippen molar-refractivity contribution < 1.29 is 4.74 Å². The molecule has 1 aliphatic rings. The molecule has 0 saturated carbocycles. The lowest BCUT2D eigenvalue weighted by Gasteiger charge is -2.14. The summed E-state index contributed by atoms with van der Waals surface area (Å²) in [5, 5.41) is 0.600. The van der Waals surface area contributed by atoms with Gasteiger partial charge in [-0.2, -0.15) is 11.8 Å². The SMILES string of the molecule is CCOC(CC)c1nc(Cl)c2c(n1)CSC2. The number of thioether (sulfide) groups is 1. The highest BCUT2D eigenvalue weighted by atomic mass is 35.5. The van der Waals surface area contributed by atoms with Crippen LogP contribution in [0.15, 0.2) is 0 Å². The van der Waals surface area contributed by atoms with E-state index in [0.29, 0.717) is 11.8 Å². The Kier molecular flexibility index (Phi) is 4.05. The second-order valence-electron chi connectivity index (χ2n) is 3.64. The van der Waals surface area contributed by atoms with Crippen molar-refractivity contribution in [3.63, 3.8) is 0 Å². The monoisotopic (exact) mass is 258 g/mol. The maximum atomic E-state index is 6.16. The molecule has 0 fully saturated rings. The van der Waals surface area contributed by atoms with Crippen LogP contribution in [0.5, 0.6) is 0 Å². The van der Waals surface area contributed by atoms with Crippen LogP contribution < -0.4 is 0 Å². The summed E-state index contributed by atoms with van der Waals surface area (Å²) in [7, 11) is 0. The third-order valence-electron chi connectivity index (χ3n) is 2.57. The summed E-state index contributed by atoms with van der Waals surface area (Å²) in [6.45, 7) is 4.72. The van der Waals surface area contributed by atoms with Gasteiger partial charge >= 0.3 is 0 Å². The van der Waals surface area contributed by atoms with Crippen molar-refractivity contribution in [2.24, 2.45) is 0 Å². The van der Waals surface area contributed by atoms with E-state index in [0.717, 1.165) is 35.0 Å². The van der Waals surface area contributed by atoms with Crippen LogP contribution in [-0.2, 0) is 16.2 Å². The van der Waals surface area contributed by atoms with Gasteiger partial charge in [-0.1, -0.05) is 18.5 Å². The Labute approximate surface area is 105 Å². The smallest absolute Gasteiger partial charge is 0.159 e. The minimum atomic E-state index is -0.0293. The summed E-state index contributed by atoms with van der Waals surface area (Å²) in [4.78, 5) is 8.91. The molecule has 3 nitrogen and oxygen atoms in total. The largest absolute Gasteiger partial charge is 0.371 e. The first-order valence-corrected chi connectivity index (χ1v) is 7.04. The third kappa shape index (κ3) is 2.34. The lowest BCUT2D eigenvalue weighted by molar-refractivity contribution is 0.0533. The summed E-state index contributed by atoms with van der Waals surface area (Å²) >= 11 is 7.99. The van der Waals surface area contributed by atoms with Gasteiger partial charge in [-0.25, -0.2) is 9.97 Å². The van der Waals surface area contributed by atoms with Crippen LogP contribution in [0.2, 0.25) is 5.15 Å². The molecule has 88 valence electrons. The topological polar surface area (TPSA) is 35.0 Å². The average molecular weight is 259 g/mol. The zero-order valence-electron chi connectivity index (χ0n) is 9.49. The Morgan fingerprint density at radius 3 is 2.88 bits per heavy atom. The van der Waals surface area contributed by atoms with Crippen LogP contribution in [0, 0.1) is 0 Å². The minimum absolute atomic E-state index is 0.0293. The van der Waals surface area contributed by atoms with E-state index < -0.39 is 0 Å². The first-order chi connectivity index (χ1) is 7.76. The summed E-state index contributed by atoms with van der Waals surface area (Å²) in [5.74, 6) is 2.60. The Balaban J connectivity index is 2.31. The van der Waals surface area contributed by atoms with Crippen molar-refractivity contribution in [3.05, 3.63) is 22.2 Å². The molecule has 0 spiro atoms. The van der Waals surface area contributed by atoms with Gasteiger partial charge in [-0.05, 0) is 13.3 Å². The summed E-state index contributed by atoms with van der Waals surface area (Å²) in [6.07, 6.45) is 0.842. The van der Waals surface area contributed by atoms with Crippen molar-refractivity contribution in [2.75, 3.05) is 6.61 Å². The highest BCUT2D eigenvalue weighted by molar-refractivity contribution is 7.98. The van der Waals surface area contributed by atoms with Crippen molar-refractivity contribution in [1.29, 1.82) is 0 Å². The van der Waals surface area contributed by atoms with Crippen LogP contribution in [-0.4, -0.2) is 16.6 Å². The van der Waals surface area contributed by atoms with E-state index in [1.54, 1.807) is 0 Å². The molecule has 2 heterocycles. The first kappa shape index (κ1) is 12.1. The number of aromatic nitrogens is 2. The first-order valence-electron chi connectivity index (χ1n) is 5.50. The molecule has 2 rings (SSSR count). The Morgan fingerprint density at radius 1 is 1.38 bits per heavy atom. The maximum Gasteiger partial charge on any atom is 0.159 e. The second kappa shape index (κ2) is 5.34. The highest BCUT2D eigenvalue weighted by Gasteiger charge is 2.21. The van der Waals surface area contributed by atoms with Crippen molar-refractivity contribution >= 4 is 23.4 Å². The summed E-state index contributed by atoms with van der Waals surface area (Å²) < 4.78 is 5.60. The normalized spacial score (nSPS) is 16.2. The van der Waals surface area contributed by atoms with E-state index >= 15 is 0 Å². The minimum Gasteiger partial charge on any atom is -0.371 e. The Morgan fingerprint density at radius 2 is 2.19 bits per heavy atom. The molecule has 0 saturated heterocycles. The van der Waals surface area contributed by atoms with Crippen molar-refractivity contribution in [3.8, 4) is 0 Å². The zero-order valence-corrected chi connectivity index (χ0v) is 11.1. The van der Waals surface area contributed by atoms with Crippen LogP contribution >= 0.6 is 23.4 Å². The average Bonchev–Trinajstić information content (AvgIpc) is 2.74. The lowest BCUT2D eigenvalue weighted by Crippen LogP contribution is -2.10. The van der Waals surface area contributed by atoms with E-state index in [2.05, 4.69) is 16.9 Å². The highest BCUT2D eigenvalue weighted by Crippen LogP contribution is 2.33. The molecule has 1 aromatic rings. The van der Waals surface area contributed by atoms with E-state index in [1.165, 1.54) is 0 Å². The molecule has 0 radical (unpaired) electrons. The fourth-order valence-corrected chi connectivity index (χ4v) is 3.13. The fraction of sp³-hybridized carbons (Fsp3) is 0.636. The molecule has 16 heavy (non-hydrogen) atoms. The number of halogens is 1. The van der Waals surface area contributed by atoms with E-state index in [-0.39, 0.29) is 6.10 Å². The number of fused-ring (bicyclic) bond motifs is 1. The van der Waals surface area contributed by atoms with Crippen LogP contribution in [0.25, 0.3) is 0 Å². The lowest BCUT2D eigenvalue weighted by atomic mass is 10.2. The molecule has 1 atom stereocenters. The van der Waals surface area contributed by atoms with Crippen LogP contribution in [0.3, 0.4) is 0 Å². The number of nitrogens with zero attached hydrogens (tertiary/aromatic N) is 2. The quantitative estimate of drug-likeness (QED) is 0.776. The van der Waals surface area contributed by atoms with Crippen molar-refractivity contribution in [2.45, 2.75) is 37.9 Å². The maximum absolute atomic E-state index is 6.16. The van der Waals surface area contributed by atoms with Gasteiger partial charge in [0, 0.05) is 23.7 Å². The molecule has 0 bridgehead atoms. The number of hydrogen-bond donors (Lipinski definition) is 0. The third-order valence-corrected chi connectivity index (χ3v) is 3.85. The summed E-state index contributed by atoms with van der Waals surface area (Å²) in [5.41, 5.74) is 2.18. The second-order valence-corrected chi connectivity index (χ2v) is 4.99. The fourth-order valence-electron chi connectivity index (χ4n) is 1.75. The van der Waals surface area contributed by atoms with Gasteiger partial charge in [0.1, 0.15) is 11.3 Å². The van der Waals surface area contributed by atoms with Gasteiger partial charge in [0.25, 0.3) is 0 Å². The number of ether oxygens (including phenoxy) is 1. The number of hydrogen-bond acceptors (Lipinski definition) is 4. The van der Waals surface area contributed by atoms with Gasteiger partial charge < -0.3 is 4.74 Å².